The van der Waals surface area contributed by atoms with Gasteiger partial charge in [-0.3, -0.25) is 0 Å². The molecule has 1 saturated carbocycles. The van der Waals surface area contributed by atoms with Crippen LogP contribution in [0.25, 0.3) is 0 Å². The van der Waals surface area contributed by atoms with E-state index in [-0.39, 0.29) is 0 Å². The Bertz CT molecular complexity index is 325. The molecule has 1 heteroatoms. The Morgan fingerprint density at radius 3 is 2.28 bits per heavy atom. The van der Waals surface area contributed by atoms with E-state index in [9.17, 15) is 0 Å². The summed E-state index contributed by atoms with van der Waals surface area (Å²) >= 11 is 0. The molecule has 0 saturated heterocycles. The molecule has 0 aliphatic heterocycles. The molecule has 1 aliphatic rings. The average Bonchev–Trinajstić information content (AvgIpc) is 2.46. The van der Waals surface area contributed by atoms with Crippen LogP contribution < -0.4 is 5.32 Å². The lowest BCUT2D eigenvalue weighted by Gasteiger charge is -2.34. The molecule has 1 aromatic rings. The van der Waals surface area contributed by atoms with Crippen LogP contribution in [0.4, 0.5) is 0 Å². The zero-order valence-electron chi connectivity index (χ0n) is 11.9. The molecule has 1 aromatic carbocycles. The number of benzene rings is 1. The van der Waals surface area contributed by atoms with E-state index < -0.39 is 0 Å². The van der Waals surface area contributed by atoms with Gasteiger partial charge in [-0.25, -0.2) is 0 Å². The summed E-state index contributed by atoms with van der Waals surface area (Å²) < 4.78 is 0. The van der Waals surface area contributed by atoms with Crippen molar-refractivity contribution < 1.29 is 0 Å². The first-order valence-corrected chi connectivity index (χ1v) is 7.63. The molecule has 1 fully saturated rings. The van der Waals surface area contributed by atoms with Crippen LogP contribution in [-0.2, 0) is 0 Å². The Labute approximate surface area is 112 Å². The molecule has 18 heavy (non-hydrogen) atoms. The lowest BCUT2D eigenvalue weighted by Crippen LogP contribution is -2.37. The van der Waals surface area contributed by atoms with E-state index in [1.807, 2.05) is 0 Å². The van der Waals surface area contributed by atoms with Crippen LogP contribution in [0.3, 0.4) is 0 Å². The van der Waals surface area contributed by atoms with Gasteiger partial charge in [0.05, 0.1) is 0 Å². The van der Waals surface area contributed by atoms with Crippen molar-refractivity contribution in [2.75, 3.05) is 6.54 Å². The lowest BCUT2D eigenvalue weighted by molar-refractivity contribution is 0.249. The van der Waals surface area contributed by atoms with Gasteiger partial charge in [-0.15, -0.1) is 0 Å². The van der Waals surface area contributed by atoms with Crippen molar-refractivity contribution >= 4 is 0 Å². The summed E-state index contributed by atoms with van der Waals surface area (Å²) in [5, 5.41) is 3.66. The highest BCUT2D eigenvalue weighted by molar-refractivity contribution is 5.19. The van der Waals surface area contributed by atoms with E-state index in [4.69, 9.17) is 0 Å². The van der Waals surface area contributed by atoms with Gasteiger partial charge in [0.2, 0.25) is 0 Å². The lowest BCUT2D eigenvalue weighted by atomic mass is 9.75. The molecule has 0 bridgehead atoms. The fraction of sp³-hybridized carbons (Fsp3) is 0.647. The van der Waals surface area contributed by atoms with Gasteiger partial charge in [-0.1, -0.05) is 44.2 Å². The smallest absolute Gasteiger partial charge is 0.00925 e. The number of hydrogen-bond acceptors (Lipinski definition) is 1. The third-order valence-electron chi connectivity index (χ3n) is 4.52. The van der Waals surface area contributed by atoms with Crippen molar-refractivity contribution in [1.82, 2.24) is 5.32 Å². The Morgan fingerprint density at radius 2 is 1.72 bits per heavy atom. The maximum absolute atomic E-state index is 3.66. The predicted molar refractivity (Wildman–Crippen MR) is 78.9 cm³/mol. The van der Waals surface area contributed by atoms with E-state index >= 15 is 0 Å². The van der Waals surface area contributed by atoms with Crippen molar-refractivity contribution in [3.8, 4) is 0 Å². The minimum atomic E-state index is 0.742. The highest BCUT2D eigenvalue weighted by Crippen LogP contribution is 2.37. The molecule has 2 rings (SSSR count). The largest absolute Gasteiger partial charge is 0.314 e. The van der Waals surface area contributed by atoms with Gasteiger partial charge in [0.15, 0.2) is 0 Å². The molecule has 100 valence electrons. The Balaban J connectivity index is 1.88. The van der Waals surface area contributed by atoms with Crippen molar-refractivity contribution in [2.45, 2.75) is 57.9 Å². The number of rotatable bonds is 5. The van der Waals surface area contributed by atoms with Crippen molar-refractivity contribution in [3.05, 3.63) is 35.9 Å². The van der Waals surface area contributed by atoms with Crippen molar-refractivity contribution in [1.29, 1.82) is 0 Å². The van der Waals surface area contributed by atoms with Crippen LogP contribution in [0.15, 0.2) is 30.3 Å². The fourth-order valence-corrected chi connectivity index (χ4v) is 3.49. The molecule has 0 amide bonds. The van der Waals surface area contributed by atoms with Gasteiger partial charge in [-0.05, 0) is 56.0 Å². The molecule has 0 heterocycles. The summed E-state index contributed by atoms with van der Waals surface area (Å²) in [7, 11) is 0. The van der Waals surface area contributed by atoms with Gasteiger partial charge in [0.1, 0.15) is 0 Å². The molecule has 1 unspecified atom stereocenters. The standard InChI is InChI=1S/C17H27N/c1-3-17(18-4-2)16-12-10-15(11-13-16)14-8-6-5-7-9-14/h5-9,15-18H,3-4,10-13H2,1-2H3. The molecule has 1 aliphatic carbocycles. The minimum Gasteiger partial charge on any atom is -0.314 e. The van der Waals surface area contributed by atoms with E-state index in [2.05, 4.69) is 49.5 Å². The highest BCUT2D eigenvalue weighted by Gasteiger charge is 2.26. The molecular weight excluding hydrogens is 218 g/mol. The zero-order valence-corrected chi connectivity index (χ0v) is 11.9. The molecule has 0 spiro atoms. The average molecular weight is 245 g/mol. The SMILES string of the molecule is CCNC(CC)C1CCC(c2ccccc2)CC1. The second kappa shape index (κ2) is 6.94. The quantitative estimate of drug-likeness (QED) is 0.813. The first-order valence-electron chi connectivity index (χ1n) is 7.63. The topological polar surface area (TPSA) is 12.0 Å². The summed E-state index contributed by atoms with van der Waals surface area (Å²) in [5.74, 6) is 1.71. The monoisotopic (exact) mass is 245 g/mol. The van der Waals surface area contributed by atoms with Gasteiger partial charge >= 0.3 is 0 Å². The first kappa shape index (κ1) is 13.6. The summed E-state index contributed by atoms with van der Waals surface area (Å²) in [6, 6.07) is 11.8. The van der Waals surface area contributed by atoms with E-state index in [0.29, 0.717) is 0 Å². The summed E-state index contributed by atoms with van der Waals surface area (Å²) in [6.07, 6.45) is 6.80. The van der Waals surface area contributed by atoms with Gasteiger partial charge in [0, 0.05) is 6.04 Å². The van der Waals surface area contributed by atoms with Crippen LogP contribution in [0.2, 0.25) is 0 Å². The summed E-state index contributed by atoms with van der Waals surface area (Å²) in [4.78, 5) is 0. The molecule has 0 radical (unpaired) electrons. The predicted octanol–water partition coefficient (Wildman–Crippen LogP) is 4.35. The van der Waals surface area contributed by atoms with Crippen LogP contribution in [-0.4, -0.2) is 12.6 Å². The molecular formula is C17H27N. The second-order valence-electron chi connectivity index (χ2n) is 5.59. The number of nitrogens with one attached hydrogen (secondary N) is 1. The summed E-state index contributed by atoms with van der Waals surface area (Å²) in [5.41, 5.74) is 1.55. The molecule has 0 aromatic heterocycles. The van der Waals surface area contributed by atoms with Crippen LogP contribution in [0.1, 0.15) is 57.4 Å². The number of hydrogen-bond donors (Lipinski definition) is 1. The minimum absolute atomic E-state index is 0.742. The van der Waals surface area contributed by atoms with Crippen molar-refractivity contribution in [3.63, 3.8) is 0 Å². The van der Waals surface area contributed by atoms with E-state index in [0.717, 1.165) is 24.4 Å². The normalized spacial score (nSPS) is 25.9. The second-order valence-corrected chi connectivity index (χ2v) is 5.59. The Hall–Kier alpha value is -0.820. The van der Waals surface area contributed by atoms with Gasteiger partial charge < -0.3 is 5.32 Å². The third-order valence-corrected chi connectivity index (χ3v) is 4.52. The first-order chi connectivity index (χ1) is 8.85. The van der Waals surface area contributed by atoms with Crippen LogP contribution >= 0.6 is 0 Å². The van der Waals surface area contributed by atoms with Gasteiger partial charge in [0.25, 0.3) is 0 Å². The molecule has 1 N–H and O–H groups in total. The maximum Gasteiger partial charge on any atom is 0.00925 e. The Morgan fingerprint density at radius 1 is 1.06 bits per heavy atom. The van der Waals surface area contributed by atoms with E-state index in [1.54, 1.807) is 5.56 Å². The third kappa shape index (κ3) is 3.35. The van der Waals surface area contributed by atoms with Crippen LogP contribution in [0, 0.1) is 5.92 Å². The zero-order chi connectivity index (χ0) is 12.8. The maximum atomic E-state index is 3.66. The summed E-state index contributed by atoms with van der Waals surface area (Å²) in [6.45, 7) is 5.64. The fourth-order valence-electron chi connectivity index (χ4n) is 3.49. The van der Waals surface area contributed by atoms with E-state index in [1.165, 1.54) is 32.1 Å². The van der Waals surface area contributed by atoms with Crippen molar-refractivity contribution in [2.24, 2.45) is 5.92 Å². The van der Waals surface area contributed by atoms with Gasteiger partial charge in [-0.2, -0.15) is 0 Å². The highest BCUT2D eigenvalue weighted by atomic mass is 14.9. The van der Waals surface area contributed by atoms with Crippen LogP contribution in [0.5, 0.6) is 0 Å². The molecule has 1 atom stereocenters. The Kier molecular flexibility index (Phi) is 5.25. The molecule has 1 nitrogen and oxygen atoms in total.